The number of alkyl halides is 3. The summed E-state index contributed by atoms with van der Waals surface area (Å²) in [5.74, 6) is 0.623. The maximum atomic E-state index is 13.2. The summed E-state index contributed by atoms with van der Waals surface area (Å²) in [5.41, 5.74) is -1.10. The van der Waals surface area contributed by atoms with Crippen LogP contribution < -0.4 is 0 Å². The van der Waals surface area contributed by atoms with Crippen LogP contribution in [0.25, 0.3) is 0 Å². The Balaban J connectivity index is 1.72. The molecule has 4 atom stereocenters. The average molecular weight is 354 g/mol. The number of fused-ring (bicyclic) bond motifs is 1. The minimum atomic E-state index is -4.52. The number of carbonyl (C=O) groups is 1. The van der Waals surface area contributed by atoms with Crippen LogP contribution in [0.3, 0.4) is 0 Å². The zero-order valence-corrected chi connectivity index (χ0v) is 14.9. The van der Waals surface area contributed by atoms with Gasteiger partial charge in [0.2, 0.25) is 0 Å². The minimum Gasteiger partial charge on any atom is -0.339 e. The van der Waals surface area contributed by atoms with Crippen LogP contribution in [0.4, 0.5) is 13.2 Å². The molecule has 0 spiro atoms. The zero-order valence-electron chi connectivity index (χ0n) is 14.9. The Bertz CT molecular complexity index is 630. The fourth-order valence-corrected chi connectivity index (χ4v) is 4.56. The standard InChI is InChI=1S/C19H25F3N2O/c1-23(2)14-8-12-10-15(11-13(12)9-14)24(3)18(25)16-6-4-5-7-17(16)19(20,21)22/h4-7,12-15H,8-11H2,1-3H3/t12-,13+,14?,15?. The molecule has 138 valence electrons. The van der Waals surface area contributed by atoms with E-state index in [-0.39, 0.29) is 11.6 Å². The molecule has 1 aromatic rings. The molecule has 6 heteroatoms. The predicted octanol–water partition coefficient (Wildman–Crippen LogP) is 3.90. The van der Waals surface area contributed by atoms with E-state index in [1.165, 1.54) is 23.1 Å². The fourth-order valence-electron chi connectivity index (χ4n) is 4.56. The number of halogens is 3. The van der Waals surface area contributed by atoms with Crippen LogP contribution in [0.1, 0.15) is 41.6 Å². The average Bonchev–Trinajstić information content (AvgIpc) is 3.11. The van der Waals surface area contributed by atoms with E-state index < -0.39 is 17.6 Å². The highest BCUT2D eigenvalue weighted by Crippen LogP contribution is 2.46. The molecule has 1 aromatic carbocycles. The van der Waals surface area contributed by atoms with Crippen molar-refractivity contribution in [3.8, 4) is 0 Å². The number of amides is 1. The maximum absolute atomic E-state index is 13.2. The van der Waals surface area contributed by atoms with Gasteiger partial charge < -0.3 is 9.80 Å². The van der Waals surface area contributed by atoms with E-state index in [9.17, 15) is 18.0 Å². The molecule has 1 amide bonds. The molecule has 3 nitrogen and oxygen atoms in total. The molecule has 0 heterocycles. The van der Waals surface area contributed by atoms with E-state index in [0.717, 1.165) is 31.7 Å². The first kappa shape index (κ1) is 18.2. The lowest BCUT2D eigenvalue weighted by Crippen LogP contribution is -2.37. The third-order valence-corrected chi connectivity index (χ3v) is 6.03. The first-order chi connectivity index (χ1) is 11.7. The second kappa shape index (κ2) is 6.63. The zero-order chi connectivity index (χ0) is 18.4. The van der Waals surface area contributed by atoms with Gasteiger partial charge in [-0.25, -0.2) is 0 Å². The van der Waals surface area contributed by atoms with Crippen LogP contribution in [0, 0.1) is 11.8 Å². The SMILES string of the molecule is CN(C)C1C[C@@H]2CC(N(C)C(=O)c3ccccc3C(F)(F)F)C[C@@H]2C1. The van der Waals surface area contributed by atoms with Gasteiger partial charge in [-0.2, -0.15) is 13.2 Å². The van der Waals surface area contributed by atoms with Gasteiger partial charge in [0, 0.05) is 19.1 Å². The Morgan fingerprint density at radius 2 is 1.48 bits per heavy atom. The highest BCUT2D eigenvalue weighted by molar-refractivity contribution is 5.96. The summed E-state index contributed by atoms with van der Waals surface area (Å²) in [6.45, 7) is 0. The van der Waals surface area contributed by atoms with Gasteiger partial charge in [0.15, 0.2) is 0 Å². The summed E-state index contributed by atoms with van der Waals surface area (Å²) in [4.78, 5) is 16.5. The Kier molecular flexibility index (Phi) is 4.84. The fraction of sp³-hybridized carbons (Fsp3) is 0.632. The van der Waals surface area contributed by atoms with Crippen LogP contribution in [0.15, 0.2) is 24.3 Å². The molecule has 3 rings (SSSR count). The molecular weight excluding hydrogens is 329 g/mol. The Morgan fingerprint density at radius 1 is 0.960 bits per heavy atom. The molecular formula is C19H25F3N2O. The third kappa shape index (κ3) is 3.54. The van der Waals surface area contributed by atoms with Crippen molar-refractivity contribution >= 4 is 5.91 Å². The monoisotopic (exact) mass is 354 g/mol. The quantitative estimate of drug-likeness (QED) is 0.822. The van der Waals surface area contributed by atoms with Gasteiger partial charge in [-0.3, -0.25) is 4.79 Å². The van der Waals surface area contributed by atoms with Crippen molar-refractivity contribution in [2.75, 3.05) is 21.1 Å². The molecule has 25 heavy (non-hydrogen) atoms. The molecule has 0 saturated heterocycles. The van der Waals surface area contributed by atoms with Crippen LogP contribution in [0.2, 0.25) is 0 Å². The summed E-state index contributed by atoms with van der Waals surface area (Å²) >= 11 is 0. The molecule has 0 aliphatic heterocycles. The van der Waals surface area contributed by atoms with Gasteiger partial charge in [0.25, 0.3) is 5.91 Å². The van der Waals surface area contributed by atoms with Crippen molar-refractivity contribution in [1.29, 1.82) is 0 Å². The van der Waals surface area contributed by atoms with Crippen molar-refractivity contribution in [2.24, 2.45) is 11.8 Å². The van der Waals surface area contributed by atoms with Crippen molar-refractivity contribution in [1.82, 2.24) is 9.80 Å². The normalized spacial score (nSPS) is 29.1. The van der Waals surface area contributed by atoms with E-state index in [2.05, 4.69) is 19.0 Å². The predicted molar refractivity (Wildman–Crippen MR) is 90.2 cm³/mol. The first-order valence-electron chi connectivity index (χ1n) is 8.78. The molecule has 0 bridgehead atoms. The van der Waals surface area contributed by atoms with Gasteiger partial charge in [-0.15, -0.1) is 0 Å². The summed E-state index contributed by atoms with van der Waals surface area (Å²) in [5, 5.41) is 0. The summed E-state index contributed by atoms with van der Waals surface area (Å²) in [7, 11) is 5.82. The number of rotatable bonds is 3. The first-order valence-corrected chi connectivity index (χ1v) is 8.78. The van der Waals surface area contributed by atoms with E-state index >= 15 is 0 Å². The number of hydrogen-bond acceptors (Lipinski definition) is 2. The highest BCUT2D eigenvalue weighted by atomic mass is 19.4. The van der Waals surface area contributed by atoms with Crippen molar-refractivity contribution < 1.29 is 18.0 Å². The van der Waals surface area contributed by atoms with Gasteiger partial charge in [0.05, 0.1) is 11.1 Å². The lowest BCUT2D eigenvalue weighted by atomic mass is 10.0. The highest BCUT2D eigenvalue weighted by Gasteiger charge is 2.44. The van der Waals surface area contributed by atoms with Crippen LogP contribution in [-0.4, -0.2) is 48.9 Å². The Hall–Kier alpha value is -1.56. The maximum Gasteiger partial charge on any atom is 0.417 e. The van der Waals surface area contributed by atoms with Gasteiger partial charge in [-0.1, -0.05) is 12.1 Å². The molecule has 0 N–H and O–H groups in total. The summed E-state index contributed by atoms with van der Waals surface area (Å²) < 4.78 is 39.5. The van der Waals surface area contributed by atoms with Crippen molar-refractivity contribution in [3.63, 3.8) is 0 Å². The summed E-state index contributed by atoms with van der Waals surface area (Å²) in [6.07, 6.45) is -0.486. The smallest absolute Gasteiger partial charge is 0.339 e. The second-order valence-corrected chi connectivity index (χ2v) is 7.69. The van der Waals surface area contributed by atoms with Gasteiger partial charge >= 0.3 is 6.18 Å². The topological polar surface area (TPSA) is 23.6 Å². The third-order valence-electron chi connectivity index (χ3n) is 6.03. The lowest BCUT2D eigenvalue weighted by Gasteiger charge is -2.28. The largest absolute Gasteiger partial charge is 0.417 e. The number of hydrogen-bond donors (Lipinski definition) is 0. The minimum absolute atomic E-state index is 0.0342. The van der Waals surface area contributed by atoms with Gasteiger partial charge in [-0.05, 0) is 63.7 Å². The number of nitrogens with zero attached hydrogens (tertiary/aromatic N) is 2. The van der Waals surface area contributed by atoms with Gasteiger partial charge in [0.1, 0.15) is 0 Å². The van der Waals surface area contributed by atoms with E-state index in [4.69, 9.17) is 0 Å². The van der Waals surface area contributed by atoms with Crippen molar-refractivity contribution in [2.45, 2.75) is 43.9 Å². The molecule has 2 fully saturated rings. The summed E-state index contributed by atoms with van der Waals surface area (Å²) in [6, 6.07) is 5.68. The van der Waals surface area contributed by atoms with Crippen LogP contribution in [-0.2, 0) is 6.18 Å². The number of benzene rings is 1. The molecule has 0 radical (unpaired) electrons. The Labute approximate surface area is 146 Å². The van der Waals surface area contributed by atoms with Crippen LogP contribution in [0.5, 0.6) is 0 Å². The molecule has 2 unspecified atom stereocenters. The van der Waals surface area contributed by atoms with E-state index in [1.807, 2.05) is 0 Å². The van der Waals surface area contributed by atoms with E-state index in [1.54, 1.807) is 7.05 Å². The van der Waals surface area contributed by atoms with E-state index in [0.29, 0.717) is 17.9 Å². The number of carbonyl (C=O) groups excluding carboxylic acids is 1. The Morgan fingerprint density at radius 3 is 2.00 bits per heavy atom. The molecule has 2 aliphatic carbocycles. The van der Waals surface area contributed by atoms with Crippen molar-refractivity contribution in [3.05, 3.63) is 35.4 Å². The molecule has 2 saturated carbocycles. The second-order valence-electron chi connectivity index (χ2n) is 7.69. The molecule has 0 aromatic heterocycles. The van der Waals surface area contributed by atoms with Crippen LogP contribution >= 0.6 is 0 Å². The lowest BCUT2D eigenvalue weighted by molar-refractivity contribution is -0.138. The molecule has 2 aliphatic rings.